The second kappa shape index (κ2) is 8.85. The molecule has 1 aromatic carbocycles. The molecule has 17 aliphatic carbocycles. The van der Waals surface area contributed by atoms with Gasteiger partial charge in [0, 0.05) is 17.3 Å². The molecule has 1 aromatic rings. The van der Waals surface area contributed by atoms with Crippen LogP contribution in [0.25, 0.3) is 0 Å². The zero-order valence-electron chi connectivity index (χ0n) is 33.5. The molecule has 17 aliphatic rings. The molecule has 2 nitrogen and oxygen atoms in total. The van der Waals surface area contributed by atoms with Crippen LogP contribution in [0.3, 0.4) is 0 Å². The summed E-state index contributed by atoms with van der Waals surface area (Å²) in [5.74, 6) is 26.3. The third-order valence-electron chi connectivity index (χ3n) is 24.9. The molecule has 13 saturated carbocycles. The molecule has 0 N–H and O–H groups in total. The van der Waals surface area contributed by atoms with E-state index < -0.39 is 0 Å². The molecule has 0 aliphatic heterocycles. The van der Waals surface area contributed by atoms with Crippen molar-refractivity contribution in [2.45, 2.75) is 77.0 Å². The number of carbonyl (C=O) groups excluding carboxylic acids is 1. The van der Waals surface area contributed by atoms with Gasteiger partial charge in [-0.05, 0) is 217 Å². The van der Waals surface area contributed by atoms with Gasteiger partial charge in [-0.15, -0.1) is 0 Å². The maximum absolute atomic E-state index is 13.3. The van der Waals surface area contributed by atoms with Crippen molar-refractivity contribution >= 4 is 5.97 Å². The Balaban J connectivity index is 0.897. The van der Waals surface area contributed by atoms with Crippen molar-refractivity contribution in [1.29, 1.82) is 0 Å². The number of fused-ring (bicyclic) bond motifs is 1. The van der Waals surface area contributed by atoms with Gasteiger partial charge in [-0.25, -0.2) is 0 Å². The van der Waals surface area contributed by atoms with E-state index in [1.54, 1.807) is 31.2 Å². The summed E-state index contributed by atoms with van der Waals surface area (Å²) >= 11 is 0. The summed E-state index contributed by atoms with van der Waals surface area (Å²) < 4.78 is 5.86. The van der Waals surface area contributed by atoms with Crippen LogP contribution in [0.1, 0.15) is 77.2 Å². The monoisotopic (exact) mass is 740 g/mol. The quantitative estimate of drug-likeness (QED) is 0.206. The summed E-state index contributed by atoms with van der Waals surface area (Å²) in [7, 11) is 0. The first kappa shape index (κ1) is 30.0. The number of carbonyl (C=O) groups is 1. The number of ether oxygens (including phenoxy) is 1. The van der Waals surface area contributed by atoms with Gasteiger partial charge in [-0.1, -0.05) is 78.6 Å². The zero-order valence-corrected chi connectivity index (χ0v) is 33.5. The number of hydrogen-bond donors (Lipinski definition) is 0. The first-order chi connectivity index (χ1) is 27.5. The molecular weight excluding hydrogens is 681 g/mol. The van der Waals surface area contributed by atoms with Crippen LogP contribution in [0, 0.1) is 165 Å². The SMILES string of the molecule is CC(C)COC(=O)CCC[C@@]1(c2ccccc2)C2C3CC4CC5=CC6CC7CC8CC9CC%10=CC21C1C%10C2C9C9C%10C%11=C(C6C6C5C4C4C3C1C(C%102)C4C%116)C7C89. The van der Waals surface area contributed by atoms with Gasteiger partial charge in [0.05, 0.1) is 6.61 Å². The van der Waals surface area contributed by atoms with E-state index in [9.17, 15) is 4.79 Å². The lowest BCUT2D eigenvalue weighted by atomic mass is 9.44. The molecule has 0 radical (unpaired) electrons. The molecule has 0 bridgehead atoms. The first-order valence-corrected chi connectivity index (χ1v) is 24.9. The minimum Gasteiger partial charge on any atom is -0.465 e. The molecule has 0 heterocycles. The van der Waals surface area contributed by atoms with Gasteiger partial charge < -0.3 is 4.74 Å². The standard InChI is InChI=1S/C54H60O2/c1-20(2)19-56-30(55)9-6-10-53(28-7-4-3-5-8-28)52-29-17-26-15-23-13-24-12-21-11-22-14-25-16-27-18-54(52,53)51-37(27)42-36(25)41-32(22)31(21)39-35(24)40-33(23)34(26)43-38(29)50(51)49-47(42)45(41)44(39)46(40)48(43)49/h3-5,7-8,13,18,20-22,24-26,29,31-38,40-43,45-52H,6,9-12,14-17,19H2,1-2H3/t21?,22?,24?,25?,26?,29?,31?,32?,33?,34?,35?,36?,37?,38?,40?,41?,42?,43?,45?,46?,47?,48?,49?,50?,51?,52?,53-,54?/m1/s1. The van der Waals surface area contributed by atoms with Crippen molar-refractivity contribution in [3.63, 3.8) is 0 Å². The van der Waals surface area contributed by atoms with E-state index in [2.05, 4.69) is 73.1 Å². The summed E-state index contributed by atoms with van der Waals surface area (Å²) in [6, 6.07) is 12.3. The molecule has 1 spiro atoms. The number of rotatable bonds is 7. The minimum absolute atomic E-state index is 0.0560. The lowest BCUT2D eigenvalue weighted by Crippen LogP contribution is -2.56. The number of hydrogen-bond acceptors (Lipinski definition) is 2. The molecule has 27 unspecified atom stereocenters. The van der Waals surface area contributed by atoms with Crippen LogP contribution in [0.2, 0.25) is 0 Å². The molecular formula is C54H60O2. The van der Waals surface area contributed by atoms with Crippen molar-refractivity contribution in [3.05, 3.63) is 70.3 Å². The lowest BCUT2D eigenvalue weighted by Gasteiger charge is -2.60. The highest BCUT2D eigenvalue weighted by atomic mass is 16.5. The fourth-order valence-corrected chi connectivity index (χ4v) is 26.0. The van der Waals surface area contributed by atoms with Crippen LogP contribution in [-0.4, -0.2) is 12.6 Å². The fourth-order valence-electron chi connectivity index (χ4n) is 26.0. The number of benzene rings is 1. The van der Waals surface area contributed by atoms with Crippen LogP contribution in [0.5, 0.6) is 0 Å². The van der Waals surface area contributed by atoms with Crippen molar-refractivity contribution in [2.24, 2.45) is 165 Å². The fraction of sp³-hybridized carbons (Fsp3) is 0.759. The Kier molecular flexibility index (Phi) is 4.74. The summed E-state index contributed by atoms with van der Waals surface area (Å²) in [6.07, 6.45) is 18.4. The third kappa shape index (κ3) is 2.64. The first-order valence-electron chi connectivity index (χ1n) is 24.9. The third-order valence-corrected chi connectivity index (χ3v) is 24.9. The van der Waals surface area contributed by atoms with Crippen LogP contribution in [0.4, 0.5) is 0 Å². The van der Waals surface area contributed by atoms with Gasteiger partial charge in [-0.2, -0.15) is 0 Å². The van der Waals surface area contributed by atoms with Gasteiger partial charge in [0.2, 0.25) is 0 Å². The predicted octanol–water partition coefficient (Wildman–Crippen LogP) is 10.0. The van der Waals surface area contributed by atoms with E-state index in [0.717, 1.165) is 160 Å². The Morgan fingerprint density at radius 1 is 0.679 bits per heavy atom. The van der Waals surface area contributed by atoms with Crippen molar-refractivity contribution in [3.8, 4) is 0 Å². The predicted molar refractivity (Wildman–Crippen MR) is 212 cm³/mol. The topological polar surface area (TPSA) is 26.3 Å². The Bertz CT molecular complexity index is 2230. The van der Waals surface area contributed by atoms with Crippen molar-refractivity contribution in [2.75, 3.05) is 6.61 Å². The van der Waals surface area contributed by atoms with Gasteiger partial charge in [0.25, 0.3) is 0 Å². The normalized spacial score (nSPS) is 65.7. The summed E-state index contributed by atoms with van der Waals surface area (Å²) in [5, 5.41) is 0. The Hall–Kier alpha value is -2.09. The molecule has 18 rings (SSSR count). The van der Waals surface area contributed by atoms with E-state index >= 15 is 0 Å². The van der Waals surface area contributed by atoms with Crippen molar-refractivity contribution < 1.29 is 9.53 Å². The Morgan fingerprint density at radius 3 is 2.30 bits per heavy atom. The largest absolute Gasteiger partial charge is 0.465 e. The molecule has 2 heteroatoms. The van der Waals surface area contributed by atoms with E-state index in [4.69, 9.17) is 4.74 Å². The average Bonchev–Trinajstić information content (AvgIpc) is 3.88. The minimum atomic E-state index is 0.0560. The van der Waals surface area contributed by atoms with E-state index in [0.29, 0.717) is 24.4 Å². The molecule has 0 amide bonds. The second-order valence-corrected chi connectivity index (χ2v) is 25.4. The van der Waals surface area contributed by atoms with E-state index in [1.165, 1.54) is 19.3 Å². The van der Waals surface area contributed by atoms with Crippen LogP contribution in [0.15, 0.2) is 64.8 Å². The summed E-state index contributed by atoms with van der Waals surface area (Å²) in [4.78, 5) is 13.3. The molecule has 13 fully saturated rings. The average molecular weight is 741 g/mol. The van der Waals surface area contributed by atoms with E-state index in [1.807, 2.05) is 5.57 Å². The van der Waals surface area contributed by atoms with Gasteiger partial charge in [0.15, 0.2) is 0 Å². The van der Waals surface area contributed by atoms with Gasteiger partial charge in [0.1, 0.15) is 0 Å². The highest BCUT2D eigenvalue weighted by molar-refractivity contribution is 5.69. The number of esters is 1. The smallest absolute Gasteiger partial charge is 0.305 e. The Labute approximate surface area is 333 Å². The highest BCUT2D eigenvalue weighted by Gasteiger charge is 2.93. The lowest BCUT2D eigenvalue weighted by molar-refractivity contribution is -0.144. The van der Waals surface area contributed by atoms with E-state index in [-0.39, 0.29) is 11.4 Å². The molecule has 28 atom stereocenters. The van der Waals surface area contributed by atoms with Crippen molar-refractivity contribution in [1.82, 2.24) is 0 Å². The highest BCUT2D eigenvalue weighted by Crippen LogP contribution is 2.97. The molecule has 0 saturated heterocycles. The van der Waals surface area contributed by atoms with Crippen LogP contribution in [-0.2, 0) is 14.9 Å². The number of allylic oxidation sites excluding steroid dienone is 6. The van der Waals surface area contributed by atoms with Gasteiger partial charge >= 0.3 is 5.97 Å². The molecule has 288 valence electrons. The van der Waals surface area contributed by atoms with Crippen LogP contribution < -0.4 is 0 Å². The molecule has 56 heavy (non-hydrogen) atoms. The van der Waals surface area contributed by atoms with Gasteiger partial charge in [-0.3, -0.25) is 4.79 Å². The maximum atomic E-state index is 13.3. The summed E-state index contributed by atoms with van der Waals surface area (Å²) in [5.41, 5.74) is 10.9. The summed E-state index contributed by atoms with van der Waals surface area (Å²) in [6.45, 7) is 4.90. The maximum Gasteiger partial charge on any atom is 0.305 e. The zero-order chi connectivity index (χ0) is 35.8. The second-order valence-electron chi connectivity index (χ2n) is 25.4. The van der Waals surface area contributed by atoms with Crippen LogP contribution >= 0.6 is 0 Å². The molecule has 0 aromatic heterocycles. The Morgan fingerprint density at radius 2 is 1.41 bits per heavy atom.